The Morgan fingerprint density at radius 1 is 0.946 bits per heavy atom. The van der Waals surface area contributed by atoms with Crippen molar-refractivity contribution in [2.24, 2.45) is 17.8 Å². The second-order valence-electron chi connectivity index (χ2n) is 12.2. The zero-order valence-electron chi connectivity index (χ0n) is 23.1. The van der Waals surface area contributed by atoms with Crippen LogP contribution in [-0.2, 0) is 27.1 Å². The van der Waals surface area contributed by atoms with Gasteiger partial charge in [0.15, 0.2) is 8.32 Å². The smallest absolute Gasteiger partial charge is 0.192 e. The van der Waals surface area contributed by atoms with Crippen LogP contribution in [0, 0.1) is 17.8 Å². The molecule has 1 saturated carbocycles. The number of fused-ring (bicyclic) bond motifs is 1. The van der Waals surface area contributed by atoms with Gasteiger partial charge in [-0.05, 0) is 29.3 Å². The maximum Gasteiger partial charge on any atom is 0.192 e. The molecule has 5 heteroatoms. The Kier molecular flexibility index (Phi) is 8.61. The van der Waals surface area contributed by atoms with Crippen LogP contribution in [0.5, 0.6) is 0 Å². The average Bonchev–Trinajstić information content (AvgIpc) is 3.26. The van der Waals surface area contributed by atoms with E-state index in [0.717, 1.165) is 17.5 Å². The summed E-state index contributed by atoms with van der Waals surface area (Å²) < 4.78 is 19.8. The van der Waals surface area contributed by atoms with Crippen LogP contribution in [0.2, 0.25) is 18.1 Å². The third-order valence-corrected chi connectivity index (χ3v) is 13.2. The summed E-state index contributed by atoms with van der Waals surface area (Å²) in [5.74, 6) is 0.0280. The molecule has 6 atom stereocenters. The summed E-state index contributed by atoms with van der Waals surface area (Å²) >= 11 is 0. The van der Waals surface area contributed by atoms with Crippen molar-refractivity contribution in [1.82, 2.24) is 0 Å². The van der Waals surface area contributed by atoms with Gasteiger partial charge < -0.3 is 19.0 Å². The molecule has 0 spiro atoms. The molecule has 37 heavy (non-hydrogen) atoms. The lowest BCUT2D eigenvalue weighted by molar-refractivity contribution is -0.0748. The van der Waals surface area contributed by atoms with Gasteiger partial charge in [-0.1, -0.05) is 106 Å². The van der Waals surface area contributed by atoms with Crippen molar-refractivity contribution in [3.63, 3.8) is 0 Å². The minimum Gasteiger partial charge on any atom is -0.416 e. The molecule has 0 aromatic heterocycles. The second-order valence-corrected chi connectivity index (χ2v) is 17.0. The van der Waals surface area contributed by atoms with Gasteiger partial charge in [-0.15, -0.1) is 0 Å². The SMILES string of the molecule is C=C[C@]1(O)C=C[C@H](CO[Si](C)(C)C(C)(C)C)[C@@H]2[C@H]1[C@H](OCc1ccccc1)C[C@@H]2OCc1ccccc1. The first-order valence-corrected chi connectivity index (χ1v) is 16.5. The molecule has 2 aliphatic carbocycles. The Balaban J connectivity index is 1.60. The van der Waals surface area contributed by atoms with E-state index in [0.29, 0.717) is 19.8 Å². The highest BCUT2D eigenvalue weighted by Gasteiger charge is 2.56. The molecule has 0 heterocycles. The zero-order chi connectivity index (χ0) is 26.7. The quantitative estimate of drug-likeness (QED) is 0.273. The van der Waals surface area contributed by atoms with E-state index in [9.17, 15) is 5.11 Å². The molecular formula is C32H44O4Si. The van der Waals surface area contributed by atoms with E-state index in [2.05, 4.69) is 70.8 Å². The van der Waals surface area contributed by atoms with Gasteiger partial charge in [0.05, 0.1) is 25.4 Å². The van der Waals surface area contributed by atoms with Gasteiger partial charge in [0.2, 0.25) is 0 Å². The van der Waals surface area contributed by atoms with E-state index in [1.807, 2.05) is 42.5 Å². The lowest BCUT2D eigenvalue weighted by Crippen LogP contribution is -2.50. The van der Waals surface area contributed by atoms with Crippen LogP contribution in [-0.4, -0.2) is 37.8 Å². The Morgan fingerprint density at radius 3 is 2.00 bits per heavy atom. The summed E-state index contributed by atoms with van der Waals surface area (Å²) in [7, 11) is -1.93. The molecule has 0 radical (unpaired) electrons. The van der Waals surface area contributed by atoms with Crippen LogP contribution in [0.4, 0.5) is 0 Å². The highest BCUT2D eigenvalue weighted by atomic mass is 28.4. The molecule has 2 aliphatic rings. The third-order valence-electron chi connectivity index (χ3n) is 8.73. The van der Waals surface area contributed by atoms with Crippen molar-refractivity contribution in [2.75, 3.05) is 6.61 Å². The van der Waals surface area contributed by atoms with Gasteiger partial charge in [-0.2, -0.15) is 0 Å². The van der Waals surface area contributed by atoms with Crippen LogP contribution >= 0.6 is 0 Å². The molecule has 2 aromatic carbocycles. The summed E-state index contributed by atoms with van der Waals surface area (Å²) in [6, 6.07) is 20.5. The van der Waals surface area contributed by atoms with E-state index < -0.39 is 13.9 Å². The Morgan fingerprint density at radius 2 is 1.49 bits per heavy atom. The molecule has 200 valence electrons. The fourth-order valence-electron chi connectivity index (χ4n) is 5.47. The number of rotatable bonds is 10. The van der Waals surface area contributed by atoms with Gasteiger partial charge in [-0.3, -0.25) is 0 Å². The maximum atomic E-state index is 11.7. The summed E-state index contributed by atoms with van der Waals surface area (Å²) in [4.78, 5) is 0. The molecule has 1 N–H and O–H groups in total. The fraction of sp³-hybridized carbons (Fsp3) is 0.500. The van der Waals surface area contributed by atoms with Gasteiger partial charge >= 0.3 is 0 Å². The number of benzene rings is 2. The summed E-state index contributed by atoms with van der Waals surface area (Å²) in [6.45, 7) is 17.1. The Hall–Kier alpha value is -2.02. The van der Waals surface area contributed by atoms with E-state index >= 15 is 0 Å². The molecule has 1 fully saturated rings. The van der Waals surface area contributed by atoms with Gasteiger partial charge in [0.1, 0.15) is 5.60 Å². The van der Waals surface area contributed by atoms with Crippen LogP contribution in [0.3, 0.4) is 0 Å². The van der Waals surface area contributed by atoms with Crippen LogP contribution in [0.25, 0.3) is 0 Å². The molecule has 0 aliphatic heterocycles. The van der Waals surface area contributed by atoms with Crippen molar-refractivity contribution >= 4 is 8.32 Å². The standard InChI is InChI=1S/C32H44O4Si/c1-7-32(33)19-18-26(23-36-37(5,6)31(2,3)4)29-27(34-21-24-14-10-8-11-15-24)20-28(30(29)32)35-22-25-16-12-9-13-17-25/h7-19,26-30,33H,1,20-23H2,2-6H3/t26-,27+,28-,29+,30-,32+/m1/s1. The first-order chi connectivity index (χ1) is 17.5. The summed E-state index contributed by atoms with van der Waals surface area (Å²) in [5, 5.41) is 11.9. The Bertz CT molecular complexity index is 1050. The van der Waals surface area contributed by atoms with Crippen molar-refractivity contribution in [2.45, 2.75) is 76.3 Å². The molecule has 4 nitrogen and oxygen atoms in total. The molecule has 0 saturated heterocycles. The minimum absolute atomic E-state index is 0.0576. The predicted molar refractivity (Wildman–Crippen MR) is 153 cm³/mol. The third kappa shape index (κ3) is 6.35. The molecule has 2 aromatic rings. The molecule has 0 unspecified atom stereocenters. The van der Waals surface area contributed by atoms with E-state index in [1.165, 1.54) is 0 Å². The number of ether oxygens (including phenoxy) is 2. The van der Waals surface area contributed by atoms with Crippen molar-refractivity contribution in [3.05, 3.63) is 96.6 Å². The van der Waals surface area contributed by atoms with E-state index in [-0.39, 0.29) is 35.0 Å². The fourth-order valence-corrected chi connectivity index (χ4v) is 6.52. The minimum atomic E-state index is -1.93. The second kappa shape index (κ2) is 11.4. The lowest BCUT2D eigenvalue weighted by Gasteiger charge is -2.44. The summed E-state index contributed by atoms with van der Waals surface area (Å²) in [6.07, 6.45) is 6.23. The zero-order valence-corrected chi connectivity index (χ0v) is 24.1. The molecule has 0 bridgehead atoms. The molecular weight excluding hydrogens is 476 g/mol. The van der Waals surface area contributed by atoms with Crippen molar-refractivity contribution < 1.29 is 19.0 Å². The first-order valence-electron chi connectivity index (χ1n) is 13.5. The van der Waals surface area contributed by atoms with E-state index in [1.54, 1.807) is 6.08 Å². The maximum absolute atomic E-state index is 11.7. The monoisotopic (exact) mass is 520 g/mol. The highest BCUT2D eigenvalue weighted by Crippen LogP contribution is 2.51. The van der Waals surface area contributed by atoms with Crippen LogP contribution in [0.1, 0.15) is 38.3 Å². The molecule has 0 amide bonds. The van der Waals surface area contributed by atoms with Crippen LogP contribution in [0.15, 0.2) is 85.5 Å². The van der Waals surface area contributed by atoms with Crippen molar-refractivity contribution in [3.8, 4) is 0 Å². The predicted octanol–water partition coefficient (Wildman–Crippen LogP) is 6.92. The number of hydrogen-bond acceptors (Lipinski definition) is 4. The first kappa shape index (κ1) is 28.0. The highest BCUT2D eigenvalue weighted by molar-refractivity contribution is 6.74. The van der Waals surface area contributed by atoms with Crippen LogP contribution < -0.4 is 0 Å². The molecule has 4 rings (SSSR count). The van der Waals surface area contributed by atoms with E-state index in [4.69, 9.17) is 13.9 Å². The van der Waals surface area contributed by atoms with Gasteiger partial charge in [0, 0.05) is 30.8 Å². The van der Waals surface area contributed by atoms with Crippen molar-refractivity contribution in [1.29, 1.82) is 0 Å². The summed E-state index contributed by atoms with van der Waals surface area (Å²) in [5.41, 5.74) is 1.12. The normalized spacial score (nSPS) is 29.7. The topological polar surface area (TPSA) is 47.9 Å². The number of hydrogen-bond donors (Lipinski definition) is 1. The Labute approximate surface area is 224 Å². The average molecular weight is 521 g/mol. The van der Waals surface area contributed by atoms with Gasteiger partial charge in [0.25, 0.3) is 0 Å². The largest absolute Gasteiger partial charge is 0.416 e. The number of aliphatic hydroxyl groups is 1. The van der Waals surface area contributed by atoms with Gasteiger partial charge in [-0.25, -0.2) is 0 Å². The lowest BCUT2D eigenvalue weighted by atomic mass is 9.68.